The molecule has 1 N–H and O–H groups in total. The average Bonchev–Trinajstić information content (AvgIpc) is 2.96. The van der Waals surface area contributed by atoms with E-state index >= 15 is 0 Å². The monoisotopic (exact) mass is 290 g/mol. The van der Waals surface area contributed by atoms with Gasteiger partial charge in [-0.05, 0) is 13.0 Å². The van der Waals surface area contributed by atoms with Crippen LogP contribution in [-0.2, 0) is 6.54 Å². The second-order valence-corrected chi connectivity index (χ2v) is 4.18. The minimum atomic E-state index is -0.528. The van der Waals surface area contributed by atoms with Crippen molar-refractivity contribution in [3.63, 3.8) is 0 Å². The molecule has 21 heavy (non-hydrogen) atoms. The largest absolute Gasteiger partial charge is 0.494 e. The summed E-state index contributed by atoms with van der Waals surface area (Å²) in [6.45, 7) is 2.57. The minimum absolute atomic E-state index is 0.108. The molecule has 8 nitrogen and oxygen atoms in total. The number of rotatable bonds is 5. The van der Waals surface area contributed by atoms with Crippen LogP contribution in [0.3, 0.4) is 0 Å². The molecule has 0 bridgehead atoms. The van der Waals surface area contributed by atoms with Crippen molar-refractivity contribution in [2.24, 2.45) is 0 Å². The van der Waals surface area contributed by atoms with Crippen LogP contribution in [-0.4, -0.2) is 27.7 Å². The van der Waals surface area contributed by atoms with Crippen molar-refractivity contribution in [1.82, 2.24) is 9.78 Å². The number of nitro groups is 1. The molecule has 0 unspecified atom stereocenters. The zero-order valence-corrected chi connectivity index (χ0v) is 11.6. The lowest BCUT2D eigenvalue weighted by molar-refractivity contribution is -0.384. The van der Waals surface area contributed by atoms with Crippen LogP contribution < -0.4 is 10.1 Å². The number of nitro benzene ring substituents is 1. The zero-order chi connectivity index (χ0) is 15.4. The highest BCUT2D eigenvalue weighted by Crippen LogP contribution is 2.29. The van der Waals surface area contributed by atoms with Crippen LogP contribution in [0.1, 0.15) is 17.3 Å². The van der Waals surface area contributed by atoms with Gasteiger partial charge in [0.05, 0.1) is 35.5 Å². The lowest BCUT2D eigenvalue weighted by Crippen LogP contribution is -2.12. The lowest BCUT2D eigenvalue weighted by atomic mass is 10.2. The van der Waals surface area contributed by atoms with Crippen molar-refractivity contribution in [2.45, 2.75) is 13.5 Å². The smallest absolute Gasteiger partial charge is 0.273 e. The molecule has 1 amide bonds. The SMILES string of the molecule is CCn1cc(C(=O)Nc2ccc([N+](=O)[O-])cc2OC)cn1. The van der Waals surface area contributed by atoms with Gasteiger partial charge in [0.1, 0.15) is 5.75 Å². The Hall–Kier alpha value is -2.90. The molecular formula is C13H14N4O4. The first kappa shape index (κ1) is 14.5. The summed E-state index contributed by atoms with van der Waals surface area (Å²) in [6.07, 6.45) is 3.07. The normalized spacial score (nSPS) is 10.2. The molecular weight excluding hydrogens is 276 g/mol. The minimum Gasteiger partial charge on any atom is -0.494 e. The van der Waals surface area contributed by atoms with Gasteiger partial charge in [-0.3, -0.25) is 19.6 Å². The quantitative estimate of drug-likeness (QED) is 0.671. The number of hydrogen-bond donors (Lipinski definition) is 1. The summed E-state index contributed by atoms with van der Waals surface area (Å²) in [7, 11) is 1.38. The van der Waals surface area contributed by atoms with Crippen molar-refractivity contribution in [3.05, 3.63) is 46.3 Å². The fourth-order valence-corrected chi connectivity index (χ4v) is 1.74. The van der Waals surface area contributed by atoms with E-state index in [-0.39, 0.29) is 17.3 Å². The third-order valence-corrected chi connectivity index (χ3v) is 2.86. The van der Waals surface area contributed by atoms with E-state index in [0.717, 1.165) is 0 Å². The molecule has 1 aromatic heterocycles. The molecule has 0 saturated carbocycles. The highest BCUT2D eigenvalue weighted by Gasteiger charge is 2.15. The van der Waals surface area contributed by atoms with E-state index in [4.69, 9.17) is 4.74 Å². The van der Waals surface area contributed by atoms with Gasteiger partial charge in [-0.15, -0.1) is 0 Å². The van der Waals surface area contributed by atoms with Gasteiger partial charge >= 0.3 is 0 Å². The predicted molar refractivity (Wildman–Crippen MR) is 75.5 cm³/mol. The van der Waals surface area contributed by atoms with Gasteiger partial charge in [-0.2, -0.15) is 5.10 Å². The van der Waals surface area contributed by atoms with Crippen LogP contribution in [0.2, 0.25) is 0 Å². The number of ether oxygens (including phenoxy) is 1. The summed E-state index contributed by atoms with van der Waals surface area (Å²) in [5.74, 6) is -0.137. The van der Waals surface area contributed by atoms with Gasteiger partial charge in [-0.25, -0.2) is 0 Å². The van der Waals surface area contributed by atoms with E-state index in [0.29, 0.717) is 17.8 Å². The number of aryl methyl sites for hydroxylation is 1. The Bertz CT molecular complexity index is 681. The number of carbonyl (C=O) groups excluding carboxylic acids is 1. The molecule has 0 fully saturated rings. The molecule has 1 aromatic carbocycles. The molecule has 8 heteroatoms. The van der Waals surface area contributed by atoms with Gasteiger partial charge in [0.2, 0.25) is 0 Å². The van der Waals surface area contributed by atoms with Crippen LogP contribution in [0.25, 0.3) is 0 Å². The van der Waals surface area contributed by atoms with Gasteiger partial charge in [0.15, 0.2) is 0 Å². The van der Waals surface area contributed by atoms with Gasteiger partial charge in [0.25, 0.3) is 11.6 Å². The first-order valence-electron chi connectivity index (χ1n) is 6.21. The number of non-ortho nitro benzene ring substituents is 1. The number of nitrogens with zero attached hydrogens (tertiary/aromatic N) is 3. The molecule has 0 aliphatic rings. The first-order valence-corrected chi connectivity index (χ1v) is 6.21. The second kappa shape index (κ2) is 6.04. The lowest BCUT2D eigenvalue weighted by Gasteiger charge is -2.09. The number of carbonyl (C=O) groups is 1. The second-order valence-electron chi connectivity index (χ2n) is 4.18. The first-order chi connectivity index (χ1) is 10.0. The molecule has 0 atom stereocenters. The number of hydrogen-bond acceptors (Lipinski definition) is 5. The molecule has 0 aliphatic heterocycles. The van der Waals surface area contributed by atoms with E-state index in [1.165, 1.54) is 31.5 Å². The summed E-state index contributed by atoms with van der Waals surface area (Å²) in [5, 5.41) is 17.4. The molecule has 0 aliphatic carbocycles. The highest BCUT2D eigenvalue weighted by atomic mass is 16.6. The van der Waals surface area contributed by atoms with E-state index in [1.807, 2.05) is 6.92 Å². The van der Waals surface area contributed by atoms with Crippen molar-refractivity contribution in [3.8, 4) is 5.75 Å². The molecule has 0 radical (unpaired) electrons. The Morgan fingerprint density at radius 1 is 1.52 bits per heavy atom. The maximum atomic E-state index is 12.1. The highest BCUT2D eigenvalue weighted by molar-refractivity contribution is 6.04. The van der Waals surface area contributed by atoms with E-state index in [1.54, 1.807) is 10.9 Å². The Morgan fingerprint density at radius 3 is 2.86 bits per heavy atom. The fourth-order valence-electron chi connectivity index (χ4n) is 1.74. The Kier molecular flexibility index (Phi) is 4.17. The Morgan fingerprint density at radius 2 is 2.29 bits per heavy atom. The average molecular weight is 290 g/mol. The van der Waals surface area contributed by atoms with Crippen molar-refractivity contribution >= 4 is 17.3 Å². The van der Waals surface area contributed by atoms with Crippen LogP contribution in [0.15, 0.2) is 30.6 Å². The third kappa shape index (κ3) is 3.16. The molecule has 110 valence electrons. The van der Waals surface area contributed by atoms with E-state index < -0.39 is 4.92 Å². The van der Waals surface area contributed by atoms with E-state index in [9.17, 15) is 14.9 Å². The number of amides is 1. The van der Waals surface area contributed by atoms with Crippen molar-refractivity contribution in [2.75, 3.05) is 12.4 Å². The Balaban J connectivity index is 2.22. The summed E-state index contributed by atoms with van der Waals surface area (Å²) >= 11 is 0. The number of aromatic nitrogens is 2. The van der Waals surface area contributed by atoms with Crippen molar-refractivity contribution in [1.29, 1.82) is 0 Å². The molecule has 2 aromatic rings. The summed E-state index contributed by atoms with van der Waals surface area (Å²) in [6, 6.07) is 3.98. The number of nitrogens with one attached hydrogen (secondary N) is 1. The van der Waals surface area contributed by atoms with Crippen LogP contribution in [0.4, 0.5) is 11.4 Å². The topological polar surface area (TPSA) is 99.3 Å². The maximum Gasteiger partial charge on any atom is 0.273 e. The van der Waals surface area contributed by atoms with Crippen LogP contribution in [0.5, 0.6) is 5.75 Å². The molecule has 1 heterocycles. The number of anilines is 1. The zero-order valence-electron chi connectivity index (χ0n) is 11.6. The number of benzene rings is 1. The van der Waals surface area contributed by atoms with E-state index in [2.05, 4.69) is 10.4 Å². The fraction of sp³-hybridized carbons (Fsp3) is 0.231. The van der Waals surface area contributed by atoms with Crippen LogP contribution in [0, 0.1) is 10.1 Å². The van der Waals surface area contributed by atoms with Gasteiger partial charge in [-0.1, -0.05) is 0 Å². The van der Waals surface area contributed by atoms with Crippen molar-refractivity contribution < 1.29 is 14.5 Å². The summed E-state index contributed by atoms with van der Waals surface area (Å²) in [5.41, 5.74) is 0.651. The van der Waals surface area contributed by atoms with Gasteiger partial charge < -0.3 is 10.1 Å². The maximum absolute atomic E-state index is 12.1. The number of methoxy groups -OCH3 is 1. The van der Waals surface area contributed by atoms with Crippen LogP contribution >= 0.6 is 0 Å². The standard InChI is InChI=1S/C13H14N4O4/c1-3-16-8-9(7-14-16)13(18)15-11-5-4-10(17(19)20)6-12(11)21-2/h4-8H,3H2,1-2H3,(H,15,18). The third-order valence-electron chi connectivity index (χ3n) is 2.86. The summed E-state index contributed by atoms with van der Waals surface area (Å²) < 4.78 is 6.69. The summed E-state index contributed by atoms with van der Waals surface area (Å²) in [4.78, 5) is 22.3. The Labute approximate surface area is 120 Å². The molecule has 2 rings (SSSR count). The molecule has 0 spiro atoms. The predicted octanol–water partition coefficient (Wildman–Crippen LogP) is 2.07. The van der Waals surface area contributed by atoms with Gasteiger partial charge in [0, 0.05) is 18.8 Å². The molecule has 0 saturated heterocycles.